The molecule has 23 heavy (non-hydrogen) atoms. The van der Waals surface area contributed by atoms with Gasteiger partial charge in [0.25, 0.3) is 0 Å². The molecule has 0 amide bonds. The molecule has 0 saturated carbocycles. The molecule has 4 nitrogen and oxygen atoms in total. The van der Waals surface area contributed by atoms with Crippen LogP contribution in [0.4, 0.5) is 0 Å². The third-order valence-electron chi connectivity index (χ3n) is 3.54. The molecule has 0 aromatic carbocycles. The van der Waals surface area contributed by atoms with Gasteiger partial charge in [-0.05, 0) is 50.7 Å². The van der Waals surface area contributed by atoms with Crippen LogP contribution in [0.15, 0.2) is 18.2 Å². The van der Waals surface area contributed by atoms with Gasteiger partial charge in [0, 0.05) is 0 Å². The Morgan fingerprint density at radius 3 is 2.43 bits per heavy atom. The van der Waals surface area contributed by atoms with E-state index in [9.17, 15) is 9.90 Å². The monoisotopic (exact) mass is 317 g/mol. The quantitative estimate of drug-likeness (QED) is 0.586. The lowest BCUT2D eigenvalue weighted by Gasteiger charge is -2.21. The Bertz CT molecular complexity index is 549. The lowest BCUT2D eigenvalue weighted by molar-refractivity contribution is 0.0519. The largest absolute Gasteiger partial charge is 0.461 e. The summed E-state index contributed by atoms with van der Waals surface area (Å²) >= 11 is 0. The van der Waals surface area contributed by atoms with Gasteiger partial charge in [-0.3, -0.25) is 0 Å². The molecule has 0 aliphatic heterocycles. The van der Waals surface area contributed by atoms with Crippen molar-refractivity contribution in [3.63, 3.8) is 0 Å². The van der Waals surface area contributed by atoms with Gasteiger partial charge >= 0.3 is 5.97 Å². The summed E-state index contributed by atoms with van der Waals surface area (Å²) in [4.78, 5) is 15.9. The molecule has 1 rings (SSSR count). The van der Waals surface area contributed by atoms with Gasteiger partial charge in [-0.15, -0.1) is 0 Å². The zero-order valence-electron chi connectivity index (χ0n) is 14.4. The van der Waals surface area contributed by atoms with Crippen LogP contribution in [0.5, 0.6) is 0 Å². The van der Waals surface area contributed by atoms with Gasteiger partial charge in [0.15, 0.2) is 0 Å². The van der Waals surface area contributed by atoms with Crippen molar-refractivity contribution in [2.75, 3.05) is 6.61 Å². The third kappa shape index (κ3) is 6.83. The highest BCUT2D eigenvalue weighted by molar-refractivity contribution is 5.87. The Labute approximate surface area is 139 Å². The first-order chi connectivity index (χ1) is 11.0. The molecule has 1 N–H and O–H groups in total. The number of carbonyl (C=O) groups is 1. The van der Waals surface area contributed by atoms with Gasteiger partial charge in [0.05, 0.1) is 6.61 Å². The fourth-order valence-electron chi connectivity index (χ4n) is 2.19. The lowest BCUT2D eigenvalue weighted by atomic mass is 9.91. The summed E-state index contributed by atoms with van der Waals surface area (Å²) in [5.74, 6) is 5.44. The number of hydrogen-bond donors (Lipinski definition) is 1. The number of nitrogens with zero attached hydrogens (tertiary/aromatic N) is 1. The van der Waals surface area contributed by atoms with E-state index < -0.39 is 11.6 Å². The number of aliphatic hydroxyl groups is 1. The zero-order chi connectivity index (χ0) is 17.1. The minimum atomic E-state index is -0.979. The number of rotatable bonds is 8. The number of ether oxygens (including phenoxy) is 1. The van der Waals surface area contributed by atoms with Crippen LogP contribution >= 0.6 is 0 Å². The van der Waals surface area contributed by atoms with Crippen LogP contribution in [0.25, 0.3) is 0 Å². The molecule has 0 fully saturated rings. The second kappa shape index (κ2) is 10.0. The molecule has 0 saturated heterocycles. The summed E-state index contributed by atoms with van der Waals surface area (Å²) in [7, 11) is 0. The fraction of sp³-hybridized carbons (Fsp3) is 0.579. The van der Waals surface area contributed by atoms with Crippen LogP contribution < -0.4 is 0 Å². The van der Waals surface area contributed by atoms with E-state index in [1.54, 1.807) is 25.1 Å². The van der Waals surface area contributed by atoms with Crippen molar-refractivity contribution in [2.24, 2.45) is 0 Å². The topological polar surface area (TPSA) is 59.4 Å². The van der Waals surface area contributed by atoms with E-state index in [4.69, 9.17) is 4.74 Å². The first-order valence-corrected chi connectivity index (χ1v) is 8.44. The molecule has 0 aliphatic carbocycles. The summed E-state index contributed by atoms with van der Waals surface area (Å²) in [6.45, 7) is 6.25. The van der Waals surface area contributed by atoms with Crippen LogP contribution in [0.2, 0.25) is 0 Å². The SMILES string of the molecule is CCCCC(O)(C#Cc1cccc(C(=O)OCC)n1)CCCC. The van der Waals surface area contributed by atoms with Gasteiger partial charge in [-0.25, -0.2) is 9.78 Å². The van der Waals surface area contributed by atoms with Crippen molar-refractivity contribution in [3.8, 4) is 11.8 Å². The minimum Gasteiger partial charge on any atom is -0.461 e. The van der Waals surface area contributed by atoms with E-state index in [0.29, 0.717) is 25.1 Å². The van der Waals surface area contributed by atoms with Gasteiger partial charge in [-0.2, -0.15) is 0 Å². The molecule has 0 radical (unpaired) electrons. The number of aromatic nitrogens is 1. The number of esters is 1. The van der Waals surface area contributed by atoms with E-state index in [-0.39, 0.29) is 5.69 Å². The fourth-order valence-corrected chi connectivity index (χ4v) is 2.19. The summed E-state index contributed by atoms with van der Waals surface area (Å²) < 4.78 is 4.94. The Hall–Kier alpha value is -1.86. The van der Waals surface area contributed by atoms with E-state index in [1.165, 1.54) is 0 Å². The van der Waals surface area contributed by atoms with Crippen molar-refractivity contribution in [1.29, 1.82) is 0 Å². The molecule has 1 heterocycles. The maximum Gasteiger partial charge on any atom is 0.356 e. The van der Waals surface area contributed by atoms with Crippen LogP contribution in [-0.4, -0.2) is 28.3 Å². The molecule has 0 atom stereocenters. The minimum absolute atomic E-state index is 0.240. The van der Waals surface area contributed by atoms with E-state index in [0.717, 1.165) is 25.7 Å². The van der Waals surface area contributed by atoms with Gasteiger partial charge < -0.3 is 9.84 Å². The smallest absolute Gasteiger partial charge is 0.356 e. The molecule has 126 valence electrons. The summed E-state index contributed by atoms with van der Waals surface area (Å²) in [6, 6.07) is 5.06. The second-order valence-corrected chi connectivity index (χ2v) is 5.62. The highest BCUT2D eigenvalue weighted by Crippen LogP contribution is 2.20. The highest BCUT2D eigenvalue weighted by atomic mass is 16.5. The Morgan fingerprint density at radius 2 is 1.87 bits per heavy atom. The number of unbranched alkanes of at least 4 members (excludes halogenated alkanes) is 2. The maximum atomic E-state index is 11.7. The van der Waals surface area contributed by atoms with E-state index in [1.807, 2.05) is 0 Å². The third-order valence-corrected chi connectivity index (χ3v) is 3.54. The molecule has 1 aromatic heterocycles. The van der Waals surface area contributed by atoms with Crippen molar-refractivity contribution in [1.82, 2.24) is 4.98 Å². The van der Waals surface area contributed by atoms with E-state index >= 15 is 0 Å². The molecular weight excluding hydrogens is 290 g/mol. The van der Waals surface area contributed by atoms with Crippen molar-refractivity contribution >= 4 is 5.97 Å². The highest BCUT2D eigenvalue weighted by Gasteiger charge is 2.22. The van der Waals surface area contributed by atoms with Crippen LogP contribution in [0, 0.1) is 11.8 Å². The van der Waals surface area contributed by atoms with Crippen molar-refractivity contribution in [3.05, 3.63) is 29.6 Å². The standard InChI is InChI=1S/C19H27NO3/c1-4-7-13-19(22,14-8-5-2)15-12-16-10-9-11-17(20-16)18(21)23-6-3/h9-11,22H,4-8,13-14H2,1-3H3. The molecule has 0 unspecified atom stereocenters. The van der Waals surface area contributed by atoms with Crippen LogP contribution in [-0.2, 0) is 4.74 Å². The number of carbonyl (C=O) groups excluding carboxylic acids is 1. The van der Waals surface area contributed by atoms with Gasteiger partial charge in [-0.1, -0.05) is 38.7 Å². The summed E-state index contributed by atoms with van der Waals surface area (Å²) in [6.07, 6.45) is 5.23. The number of pyridine rings is 1. The normalized spacial score (nSPS) is 10.8. The van der Waals surface area contributed by atoms with Crippen molar-refractivity contribution < 1.29 is 14.6 Å². The van der Waals surface area contributed by atoms with E-state index in [2.05, 4.69) is 30.7 Å². The first kappa shape index (κ1) is 19.2. The predicted octanol–water partition coefficient (Wildman–Crippen LogP) is 3.72. The molecule has 0 spiro atoms. The average molecular weight is 317 g/mol. The average Bonchev–Trinajstić information content (AvgIpc) is 2.57. The zero-order valence-corrected chi connectivity index (χ0v) is 14.4. The second-order valence-electron chi connectivity index (χ2n) is 5.62. The molecule has 4 heteroatoms. The van der Waals surface area contributed by atoms with Crippen molar-refractivity contribution in [2.45, 2.75) is 64.9 Å². The molecular formula is C19H27NO3. The number of hydrogen-bond acceptors (Lipinski definition) is 4. The summed E-state index contributed by atoms with van der Waals surface area (Å²) in [5, 5.41) is 10.7. The Morgan fingerprint density at radius 1 is 1.22 bits per heavy atom. The first-order valence-electron chi connectivity index (χ1n) is 8.44. The van der Waals surface area contributed by atoms with Gasteiger partial charge in [0.1, 0.15) is 17.0 Å². The van der Waals surface area contributed by atoms with Crippen LogP contribution in [0.3, 0.4) is 0 Å². The Kier molecular flexibility index (Phi) is 8.36. The maximum absolute atomic E-state index is 11.7. The predicted molar refractivity (Wildman–Crippen MR) is 91.1 cm³/mol. The summed E-state index contributed by atoms with van der Waals surface area (Å²) in [5.41, 5.74) is -0.264. The Balaban J connectivity index is 2.92. The molecule has 0 bridgehead atoms. The molecule has 0 aliphatic rings. The van der Waals surface area contributed by atoms with Crippen LogP contribution in [0.1, 0.15) is 75.5 Å². The lowest BCUT2D eigenvalue weighted by Crippen LogP contribution is -2.26. The van der Waals surface area contributed by atoms with Gasteiger partial charge in [0.2, 0.25) is 0 Å². The molecule has 1 aromatic rings.